The third-order valence-electron chi connectivity index (χ3n) is 6.77. The molecular weight excluding hydrogens is 422 g/mol. The van der Waals surface area contributed by atoms with E-state index in [1.807, 2.05) is 0 Å². The summed E-state index contributed by atoms with van der Waals surface area (Å²) in [4.78, 5) is 19.9. The number of likely N-dealkylation sites (tertiary alicyclic amines) is 1. The molecule has 7 nitrogen and oxygen atoms in total. The zero-order valence-electron chi connectivity index (χ0n) is 18.9. The molecule has 0 atom stereocenters. The van der Waals surface area contributed by atoms with Gasteiger partial charge in [0.15, 0.2) is 5.65 Å². The Morgan fingerprint density at radius 3 is 2.50 bits per heavy atom. The number of hydrogen-bond acceptors (Lipinski definition) is 6. The van der Waals surface area contributed by atoms with Crippen LogP contribution in [-0.4, -0.2) is 84.2 Å². The smallest absolute Gasteiger partial charge is 0.180 e. The van der Waals surface area contributed by atoms with Crippen LogP contribution in [0, 0.1) is 0 Å². The van der Waals surface area contributed by atoms with Crippen LogP contribution in [0.15, 0.2) is 30.5 Å². The summed E-state index contributed by atoms with van der Waals surface area (Å²) in [6.45, 7) is 6.62. The number of piperidine rings is 1. The second-order valence-electron chi connectivity index (χ2n) is 9.18. The van der Waals surface area contributed by atoms with Crippen molar-refractivity contribution in [1.82, 2.24) is 24.8 Å². The number of anilines is 2. The van der Waals surface area contributed by atoms with Crippen molar-refractivity contribution >= 4 is 34.1 Å². The number of imidazole rings is 1. The lowest BCUT2D eigenvalue weighted by Crippen LogP contribution is -2.36. The SMILES string of the molecule is CN1CCC(Nc2c(Cl)cnc3nc(-c4ccc(N5CCCN(C)CC5)cc4)[nH]c23)CC1. The van der Waals surface area contributed by atoms with E-state index in [1.54, 1.807) is 6.20 Å². The number of rotatable bonds is 4. The van der Waals surface area contributed by atoms with E-state index in [0.717, 1.165) is 74.7 Å². The zero-order chi connectivity index (χ0) is 22.1. The summed E-state index contributed by atoms with van der Waals surface area (Å²) in [6.07, 6.45) is 5.10. The highest BCUT2D eigenvalue weighted by atomic mass is 35.5. The molecule has 0 unspecified atom stereocenters. The first kappa shape index (κ1) is 21.5. The normalized spacial score (nSPS) is 19.4. The predicted octanol–water partition coefficient (Wildman–Crippen LogP) is 3.93. The Morgan fingerprint density at radius 2 is 1.72 bits per heavy atom. The first-order chi connectivity index (χ1) is 15.6. The van der Waals surface area contributed by atoms with Gasteiger partial charge in [0.1, 0.15) is 11.3 Å². The van der Waals surface area contributed by atoms with E-state index in [0.29, 0.717) is 16.7 Å². The zero-order valence-corrected chi connectivity index (χ0v) is 19.7. The summed E-state index contributed by atoms with van der Waals surface area (Å²) >= 11 is 6.54. The van der Waals surface area contributed by atoms with Gasteiger partial charge in [-0.3, -0.25) is 0 Å². The second-order valence-corrected chi connectivity index (χ2v) is 9.58. The van der Waals surface area contributed by atoms with E-state index in [1.165, 1.54) is 12.1 Å². The molecule has 2 fully saturated rings. The minimum atomic E-state index is 0.410. The lowest BCUT2D eigenvalue weighted by molar-refractivity contribution is 0.264. The maximum atomic E-state index is 6.54. The Bertz CT molecular complexity index is 1060. The summed E-state index contributed by atoms with van der Waals surface area (Å²) in [7, 11) is 4.37. The summed E-state index contributed by atoms with van der Waals surface area (Å²) < 4.78 is 0. The van der Waals surface area contributed by atoms with Crippen molar-refractivity contribution in [2.24, 2.45) is 0 Å². The lowest BCUT2D eigenvalue weighted by atomic mass is 10.1. The molecule has 2 aromatic heterocycles. The number of aromatic amines is 1. The Balaban J connectivity index is 1.37. The van der Waals surface area contributed by atoms with Crippen LogP contribution in [0.5, 0.6) is 0 Å². The van der Waals surface area contributed by atoms with Crippen molar-refractivity contribution in [2.45, 2.75) is 25.3 Å². The van der Waals surface area contributed by atoms with Crippen LogP contribution < -0.4 is 10.2 Å². The van der Waals surface area contributed by atoms with Gasteiger partial charge in [0.25, 0.3) is 0 Å². The Labute approximate surface area is 194 Å². The van der Waals surface area contributed by atoms with Crippen molar-refractivity contribution in [2.75, 3.05) is 63.6 Å². The van der Waals surface area contributed by atoms with Crippen LogP contribution in [0.1, 0.15) is 19.3 Å². The number of pyridine rings is 1. The fourth-order valence-electron chi connectivity index (χ4n) is 4.70. The average molecular weight is 454 g/mol. The molecule has 2 N–H and O–H groups in total. The third-order valence-corrected chi connectivity index (χ3v) is 7.05. The van der Waals surface area contributed by atoms with Gasteiger partial charge in [-0.25, -0.2) is 9.97 Å². The molecule has 0 saturated carbocycles. The molecule has 0 aliphatic carbocycles. The highest BCUT2D eigenvalue weighted by molar-refractivity contribution is 6.34. The molecule has 0 bridgehead atoms. The number of H-pyrrole nitrogens is 1. The first-order valence-corrected chi connectivity index (χ1v) is 12.0. The largest absolute Gasteiger partial charge is 0.379 e. The number of benzene rings is 1. The van der Waals surface area contributed by atoms with E-state index in [2.05, 4.69) is 68.3 Å². The van der Waals surface area contributed by atoms with Crippen LogP contribution in [0.3, 0.4) is 0 Å². The molecule has 3 aromatic rings. The predicted molar refractivity (Wildman–Crippen MR) is 133 cm³/mol. The minimum absolute atomic E-state index is 0.410. The molecule has 0 radical (unpaired) electrons. The Morgan fingerprint density at radius 1 is 0.969 bits per heavy atom. The van der Waals surface area contributed by atoms with E-state index in [-0.39, 0.29) is 0 Å². The molecule has 170 valence electrons. The van der Waals surface area contributed by atoms with Crippen molar-refractivity contribution in [3.05, 3.63) is 35.5 Å². The van der Waals surface area contributed by atoms with Gasteiger partial charge in [-0.15, -0.1) is 0 Å². The number of likely N-dealkylation sites (N-methyl/N-ethyl adjacent to an activating group) is 1. The fraction of sp³-hybridized carbons (Fsp3) is 0.500. The summed E-state index contributed by atoms with van der Waals surface area (Å²) in [5, 5.41) is 4.29. The fourth-order valence-corrected chi connectivity index (χ4v) is 4.90. The van der Waals surface area contributed by atoms with Crippen LogP contribution in [-0.2, 0) is 0 Å². The summed E-state index contributed by atoms with van der Waals surface area (Å²) in [5.74, 6) is 0.823. The van der Waals surface area contributed by atoms with Gasteiger partial charge in [-0.1, -0.05) is 11.6 Å². The molecule has 5 rings (SSSR count). The third kappa shape index (κ3) is 4.56. The van der Waals surface area contributed by atoms with Gasteiger partial charge < -0.3 is 25.0 Å². The van der Waals surface area contributed by atoms with Gasteiger partial charge in [0, 0.05) is 36.9 Å². The quantitative estimate of drug-likeness (QED) is 0.624. The number of nitrogens with zero attached hydrogens (tertiary/aromatic N) is 5. The maximum Gasteiger partial charge on any atom is 0.180 e. The van der Waals surface area contributed by atoms with Crippen LogP contribution in [0.25, 0.3) is 22.6 Å². The van der Waals surface area contributed by atoms with Crippen LogP contribution >= 0.6 is 11.6 Å². The number of halogens is 1. The first-order valence-electron chi connectivity index (χ1n) is 11.6. The summed E-state index contributed by atoms with van der Waals surface area (Å²) in [5.41, 5.74) is 4.81. The highest BCUT2D eigenvalue weighted by Crippen LogP contribution is 2.32. The van der Waals surface area contributed by atoms with Crippen molar-refractivity contribution in [3.63, 3.8) is 0 Å². The Kier molecular flexibility index (Phi) is 6.22. The maximum absolute atomic E-state index is 6.54. The Hall–Kier alpha value is -2.35. The van der Waals surface area contributed by atoms with Gasteiger partial charge in [0.2, 0.25) is 0 Å². The van der Waals surface area contributed by atoms with Crippen LogP contribution in [0.4, 0.5) is 11.4 Å². The van der Waals surface area contributed by atoms with Crippen molar-refractivity contribution < 1.29 is 0 Å². The van der Waals surface area contributed by atoms with Crippen molar-refractivity contribution in [3.8, 4) is 11.4 Å². The molecule has 2 saturated heterocycles. The van der Waals surface area contributed by atoms with Crippen molar-refractivity contribution in [1.29, 1.82) is 0 Å². The van der Waals surface area contributed by atoms with Gasteiger partial charge in [-0.2, -0.15) is 0 Å². The molecule has 0 spiro atoms. The standard InChI is InChI=1S/C24H32ClN7/c1-30-10-3-11-32(15-14-30)19-6-4-17(5-7-19)23-28-22-21(20(25)16-26-24(22)29-23)27-18-8-12-31(2)13-9-18/h4-7,16,18H,3,8-15H2,1-2H3,(H2,26,27,28,29). The lowest BCUT2D eigenvalue weighted by Gasteiger charge is -2.30. The second kappa shape index (κ2) is 9.25. The molecule has 2 aliphatic rings. The number of hydrogen-bond donors (Lipinski definition) is 2. The van der Waals surface area contributed by atoms with Gasteiger partial charge in [-0.05, 0) is 77.3 Å². The van der Waals surface area contributed by atoms with E-state index < -0.39 is 0 Å². The highest BCUT2D eigenvalue weighted by Gasteiger charge is 2.20. The average Bonchev–Trinajstić information content (AvgIpc) is 3.12. The molecule has 0 amide bonds. The number of aromatic nitrogens is 3. The van der Waals surface area contributed by atoms with E-state index in [4.69, 9.17) is 16.6 Å². The molecule has 32 heavy (non-hydrogen) atoms. The topological polar surface area (TPSA) is 63.3 Å². The molecule has 1 aromatic carbocycles. The molecule has 8 heteroatoms. The number of nitrogens with one attached hydrogen (secondary N) is 2. The molecule has 4 heterocycles. The van der Waals surface area contributed by atoms with E-state index in [9.17, 15) is 0 Å². The van der Waals surface area contributed by atoms with E-state index >= 15 is 0 Å². The minimum Gasteiger partial charge on any atom is -0.379 e. The molecular formula is C24H32ClN7. The monoisotopic (exact) mass is 453 g/mol. The molecule has 2 aliphatic heterocycles. The number of fused-ring (bicyclic) bond motifs is 1. The van der Waals surface area contributed by atoms with Crippen LogP contribution in [0.2, 0.25) is 5.02 Å². The van der Waals surface area contributed by atoms with Gasteiger partial charge >= 0.3 is 0 Å². The van der Waals surface area contributed by atoms with Gasteiger partial charge in [0.05, 0.1) is 16.9 Å². The summed E-state index contributed by atoms with van der Waals surface area (Å²) in [6, 6.07) is 9.10.